The smallest absolute Gasteiger partial charge is 0.259 e. The van der Waals surface area contributed by atoms with Crippen LogP contribution in [0.3, 0.4) is 0 Å². The SMILES string of the molecule is CCOc1cc2[nH]c(=O)c(C=O)cc2cc1OC. The minimum Gasteiger partial charge on any atom is -0.493 e. The van der Waals surface area contributed by atoms with Crippen molar-refractivity contribution in [1.82, 2.24) is 4.98 Å². The fraction of sp³-hybridized carbons (Fsp3) is 0.231. The molecule has 0 atom stereocenters. The lowest BCUT2D eigenvalue weighted by Gasteiger charge is -2.10. The Morgan fingerprint density at radius 1 is 1.28 bits per heavy atom. The van der Waals surface area contributed by atoms with Crippen molar-refractivity contribution in [1.29, 1.82) is 0 Å². The molecule has 0 fully saturated rings. The highest BCUT2D eigenvalue weighted by Gasteiger charge is 2.09. The third kappa shape index (κ3) is 2.07. The summed E-state index contributed by atoms with van der Waals surface area (Å²) in [5.74, 6) is 1.12. The van der Waals surface area contributed by atoms with Crippen LogP contribution >= 0.6 is 0 Å². The van der Waals surface area contributed by atoms with Gasteiger partial charge in [0, 0.05) is 11.5 Å². The summed E-state index contributed by atoms with van der Waals surface area (Å²) in [4.78, 5) is 24.9. The van der Waals surface area contributed by atoms with E-state index >= 15 is 0 Å². The molecule has 0 saturated carbocycles. The highest BCUT2D eigenvalue weighted by Crippen LogP contribution is 2.31. The molecule has 5 heteroatoms. The van der Waals surface area contributed by atoms with Gasteiger partial charge in [0.1, 0.15) is 0 Å². The topological polar surface area (TPSA) is 68.4 Å². The van der Waals surface area contributed by atoms with E-state index in [1.807, 2.05) is 6.92 Å². The number of fused-ring (bicyclic) bond motifs is 1. The van der Waals surface area contributed by atoms with Crippen molar-refractivity contribution in [2.75, 3.05) is 13.7 Å². The second kappa shape index (κ2) is 4.91. The zero-order valence-electron chi connectivity index (χ0n) is 10.1. The second-order valence-corrected chi connectivity index (χ2v) is 3.69. The van der Waals surface area contributed by atoms with Gasteiger partial charge in [0.15, 0.2) is 17.8 Å². The van der Waals surface area contributed by atoms with E-state index in [0.717, 1.165) is 5.39 Å². The first-order chi connectivity index (χ1) is 8.69. The van der Waals surface area contributed by atoms with E-state index in [1.165, 1.54) is 13.2 Å². The van der Waals surface area contributed by atoms with Crippen LogP contribution in [-0.2, 0) is 0 Å². The number of carbonyl (C=O) groups excluding carboxylic acids is 1. The molecule has 0 saturated heterocycles. The van der Waals surface area contributed by atoms with Gasteiger partial charge in [-0.2, -0.15) is 0 Å². The lowest BCUT2D eigenvalue weighted by molar-refractivity contribution is 0.112. The number of benzene rings is 1. The molecule has 18 heavy (non-hydrogen) atoms. The number of rotatable bonds is 4. The first kappa shape index (κ1) is 12.2. The van der Waals surface area contributed by atoms with Crippen LogP contribution in [0.25, 0.3) is 10.9 Å². The van der Waals surface area contributed by atoms with Crippen LogP contribution in [0.4, 0.5) is 0 Å². The summed E-state index contributed by atoms with van der Waals surface area (Å²) < 4.78 is 10.6. The number of nitrogens with one attached hydrogen (secondary N) is 1. The van der Waals surface area contributed by atoms with Gasteiger partial charge in [0.25, 0.3) is 5.56 Å². The molecule has 0 aliphatic rings. The molecule has 5 nitrogen and oxygen atoms in total. The maximum atomic E-state index is 11.5. The van der Waals surface area contributed by atoms with Crippen LogP contribution < -0.4 is 15.0 Å². The molecule has 0 amide bonds. The number of methoxy groups -OCH3 is 1. The van der Waals surface area contributed by atoms with Crippen molar-refractivity contribution in [2.45, 2.75) is 6.92 Å². The molecule has 0 aliphatic carbocycles. The molecule has 0 spiro atoms. The van der Waals surface area contributed by atoms with Crippen molar-refractivity contribution < 1.29 is 14.3 Å². The molecular formula is C13H13NO4. The zero-order chi connectivity index (χ0) is 13.1. The molecule has 1 N–H and O–H groups in total. The van der Waals surface area contributed by atoms with Crippen LogP contribution in [0.2, 0.25) is 0 Å². The van der Waals surface area contributed by atoms with Crippen LogP contribution in [0.15, 0.2) is 23.0 Å². The highest BCUT2D eigenvalue weighted by atomic mass is 16.5. The Balaban J connectivity index is 2.70. The minimum absolute atomic E-state index is 0.0914. The van der Waals surface area contributed by atoms with Gasteiger partial charge in [-0.05, 0) is 19.1 Å². The molecule has 1 aromatic heterocycles. The third-order valence-corrected chi connectivity index (χ3v) is 2.58. The van der Waals surface area contributed by atoms with Crippen molar-refractivity contribution in [2.24, 2.45) is 0 Å². The van der Waals surface area contributed by atoms with E-state index in [9.17, 15) is 9.59 Å². The van der Waals surface area contributed by atoms with E-state index in [2.05, 4.69) is 4.98 Å². The molecule has 94 valence electrons. The van der Waals surface area contributed by atoms with Gasteiger partial charge in [0.2, 0.25) is 0 Å². The summed E-state index contributed by atoms with van der Waals surface area (Å²) in [7, 11) is 1.54. The van der Waals surface area contributed by atoms with Crippen LogP contribution in [0, 0.1) is 0 Å². The van der Waals surface area contributed by atoms with Gasteiger partial charge >= 0.3 is 0 Å². The van der Waals surface area contributed by atoms with E-state index in [-0.39, 0.29) is 5.56 Å². The quantitative estimate of drug-likeness (QED) is 0.836. The van der Waals surface area contributed by atoms with E-state index in [4.69, 9.17) is 9.47 Å². The lowest BCUT2D eigenvalue weighted by atomic mass is 10.1. The fourth-order valence-corrected chi connectivity index (χ4v) is 1.75. The summed E-state index contributed by atoms with van der Waals surface area (Å²) >= 11 is 0. The molecular weight excluding hydrogens is 234 g/mol. The maximum absolute atomic E-state index is 11.5. The highest BCUT2D eigenvalue weighted by molar-refractivity contribution is 5.87. The van der Waals surface area contributed by atoms with Gasteiger partial charge in [-0.15, -0.1) is 0 Å². The first-order valence-electron chi connectivity index (χ1n) is 5.52. The van der Waals surface area contributed by atoms with Gasteiger partial charge < -0.3 is 14.5 Å². The molecule has 0 aliphatic heterocycles. The molecule has 0 radical (unpaired) electrons. The fourth-order valence-electron chi connectivity index (χ4n) is 1.75. The zero-order valence-corrected chi connectivity index (χ0v) is 10.1. The first-order valence-corrected chi connectivity index (χ1v) is 5.52. The number of pyridine rings is 1. The maximum Gasteiger partial charge on any atom is 0.259 e. The summed E-state index contributed by atoms with van der Waals surface area (Å²) in [6.07, 6.45) is 0.529. The van der Waals surface area contributed by atoms with Crippen LogP contribution in [0.1, 0.15) is 17.3 Å². The van der Waals surface area contributed by atoms with Crippen molar-refractivity contribution in [3.63, 3.8) is 0 Å². The van der Waals surface area contributed by atoms with E-state index in [0.29, 0.717) is 29.9 Å². The number of ether oxygens (including phenoxy) is 2. The standard InChI is InChI=1S/C13H13NO4/c1-3-18-12-6-10-8(5-11(12)17-2)4-9(7-15)13(16)14-10/h4-7H,3H2,1-2H3,(H,14,16). The normalized spacial score (nSPS) is 10.3. The lowest BCUT2D eigenvalue weighted by Crippen LogP contribution is -2.11. The van der Waals surface area contributed by atoms with Crippen molar-refractivity contribution in [3.8, 4) is 11.5 Å². The molecule has 1 aromatic carbocycles. The Hall–Kier alpha value is -2.30. The van der Waals surface area contributed by atoms with E-state index in [1.54, 1.807) is 12.1 Å². The Kier molecular flexibility index (Phi) is 3.32. The number of H-pyrrole nitrogens is 1. The van der Waals surface area contributed by atoms with Crippen LogP contribution in [0.5, 0.6) is 11.5 Å². The Morgan fingerprint density at radius 2 is 2.06 bits per heavy atom. The minimum atomic E-state index is -0.412. The second-order valence-electron chi connectivity index (χ2n) is 3.69. The predicted molar refractivity (Wildman–Crippen MR) is 67.7 cm³/mol. The monoisotopic (exact) mass is 247 g/mol. The van der Waals surface area contributed by atoms with Crippen LogP contribution in [-0.4, -0.2) is 25.0 Å². The van der Waals surface area contributed by atoms with Gasteiger partial charge in [0.05, 0.1) is 24.8 Å². The molecule has 0 bridgehead atoms. The Morgan fingerprint density at radius 3 is 2.67 bits per heavy atom. The summed E-state index contributed by atoms with van der Waals surface area (Å²) in [6, 6.07) is 4.94. The summed E-state index contributed by atoms with van der Waals surface area (Å²) in [6.45, 7) is 2.36. The van der Waals surface area contributed by atoms with Gasteiger partial charge in [-0.1, -0.05) is 0 Å². The predicted octanol–water partition coefficient (Wildman–Crippen LogP) is 1.75. The van der Waals surface area contributed by atoms with Gasteiger partial charge in [-0.25, -0.2) is 0 Å². The van der Waals surface area contributed by atoms with Crippen molar-refractivity contribution in [3.05, 3.63) is 34.1 Å². The molecule has 2 aromatic rings. The Labute approximate surface area is 103 Å². The number of carbonyl (C=O) groups is 1. The van der Waals surface area contributed by atoms with Crippen molar-refractivity contribution >= 4 is 17.2 Å². The molecule has 2 rings (SSSR count). The number of hydrogen-bond donors (Lipinski definition) is 1. The Bertz CT molecular complexity index is 645. The van der Waals surface area contributed by atoms with E-state index < -0.39 is 5.56 Å². The number of hydrogen-bond acceptors (Lipinski definition) is 4. The summed E-state index contributed by atoms with van der Waals surface area (Å²) in [5.41, 5.74) is 0.286. The third-order valence-electron chi connectivity index (χ3n) is 2.58. The molecule has 1 heterocycles. The van der Waals surface area contributed by atoms with Gasteiger partial charge in [-0.3, -0.25) is 9.59 Å². The number of aromatic amines is 1. The average molecular weight is 247 g/mol. The number of aromatic nitrogens is 1. The largest absolute Gasteiger partial charge is 0.493 e. The average Bonchev–Trinajstić information content (AvgIpc) is 2.37. The summed E-state index contributed by atoms with van der Waals surface area (Å²) in [5, 5.41) is 0.719. The molecule has 0 unspecified atom stereocenters. The number of aldehydes is 1.